The Balaban J connectivity index is 2.70. The van der Waals surface area contributed by atoms with Crippen molar-refractivity contribution < 1.29 is 14.5 Å². The molecular weight excluding hydrogens is 248 g/mol. The number of carboxylic acid groups (broad SMARTS) is 1. The van der Waals surface area contributed by atoms with Gasteiger partial charge in [0.2, 0.25) is 0 Å². The van der Waals surface area contributed by atoms with Crippen LogP contribution in [0.1, 0.15) is 26.3 Å². The molecule has 0 aliphatic carbocycles. The summed E-state index contributed by atoms with van der Waals surface area (Å²) >= 11 is -1.14. The van der Waals surface area contributed by atoms with Crippen LogP contribution in [0.25, 0.3) is 0 Å². The quantitative estimate of drug-likeness (QED) is 0.835. The minimum absolute atomic E-state index is 0.202. The largest absolute Gasteiger partial charge is 0.616 e. The van der Waals surface area contributed by atoms with E-state index >= 15 is 0 Å². The van der Waals surface area contributed by atoms with Crippen molar-refractivity contribution in [2.75, 3.05) is 5.75 Å². The second kappa shape index (κ2) is 6.25. The van der Waals surface area contributed by atoms with Gasteiger partial charge in [-0.1, -0.05) is 30.3 Å². The molecule has 0 saturated carbocycles. The minimum atomic E-state index is -1.14. The molecule has 2 unspecified atom stereocenters. The fourth-order valence-corrected chi connectivity index (χ4v) is 2.67. The maximum Gasteiger partial charge on any atom is 0.311 e. The first-order chi connectivity index (χ1) is 8.30. The zero-order valence-electron chi connectivity index (χ0n) is 11.1. The molecule has 4 heteroatoms. The number of carboxylic acids is 1. The lowest BCUT2D eigenvalue weighted by Crippen LogP contribution is -2.36. The molecule has 100 valence electrons. The Morgan fingerprint density at radius 2 is 1.89 bits per heavy atom. The lowest BCUT2D eigenvalue weighted by molar-refractivity contribution is -0.140. The van der Waals surface area contributed by atoms with Crippen LogP contribution in [0.5, 0.6) is 0 Å². The topological polar surface area (TPSA) is 60.4 Å². The van der Waals surface area contributed by atoms with Crippen molar-refractivity contribution in [1.82, 2.24) is 0 Å². The van der Waals surface area contributed by atoms with Crippen molar-refractivity contribution in [3.63, 3.8) is 0 Å². The summed E-state index contributed by atoms with van der Waals surface area (Å²) in [7, 11) is 0. The standard InChI is InChI=1S/C14H20O3S/c1-14(2,3)18(17)10-12(13(15)16)9-11-7-5-4-6-8-11/h4-8,12H,9-10H2,1-3H3,(H,15,16). The molecule has 0 amide bonds. The molecule has 0 aliphatic heterocycles. The molecule has 0 saturated heterocycles. The van der Waals surface area contributed by atoms with Crippen molar-refractivity contribution >= 4 is 17.1 Å². The monoisotopic (exact) mass is 268 g/mol. The number of aliphatic carboxylic acids is 1. The molecule has 3 nitrogen and oxygen atoms in total. The molecule has 2 atom stereocenters. The predicted octanol–water partition coefficient (Wildman–Crippen LogP) is 2.48. The van der Waals surface area contributed by atoms with Gasteiger partial charge in [0.15, 0.2) is 0 Å². The number of hydrogen-bond donors (Lipinski definition) is 1. The number of hydrogen-bond acceptors (Lipinski definition) is 2. The van der Waals surface area contributed by atoms with Crippen LogP contribution in [0.15, 0.2) is 30.3 Å². The molecule has 18 heavy (non-hydrogen) atoms. The summed E-state index contributed by atoms with van der Waals surface area (Å²) in [5, 5.41) is 9.21. The first-order valence-corrected chi connectivity index (χ1v) is 7.28. The molecule has 1 N–H and O–H groups in total. The van der Waals surface area contributed by atoms with E-state index in [9.17, 15) is 14.5 Å². The molecule has 1 aromatic rings. The average Bonchev–Trinajstić information content (AvgIpc) is 2.28. The van der Waals surface area contributed by atoms with Gasteiger partial charge in [0.25, 0.3) is 0 Å². The zero-order chi connectivity index (χ0) is 13.8. The number of carbonyl (C=O) groups is 1. The molecule has 0 radical (unpaired) electrons. The molecule has 0 fully saturated rings. The van der Waals surface area contributed by atoms with Crippen molar-refractivity contribution in [2.24, 2.45) is 5.92 Å². The third-order valence-electron chi connectivity index (χ3n) is 2.71. The lowest BCUT2D eigenvalue weighted by Gasteiger charge is -2.26. The SMILES string of the molecule is CC(C)(C)[S+]([O-])CC(Cc1ccccc1)C(=O)O. The molecule has 0 aliphatic rings. The van der Waals surface area contributed by atoms with Gasteiger partial charge in [-0.2, -0.15) is 0 Å². The Kier molecular flexibility index (Phi) is 5.23. The molecule has 0 heterocycles. The second-order valence-corrected chi connectivity index (χ2v) is 7.60. The van der Waals surface area contributed by atoms with Gasteiger partial charge < -0.3 is 9.66 Å². The first kappa shape index (κ1) is 15.1. The van der Waals surface area contributed by atoms with Crippen molar-refractivity contribution in [2.45, 2.75) is 31.9 Å². The molecular formula is C14H20O3S. The van der Waals surface area contributed by atoms with Crippen LogP contribution in [0, 0.1) is 5.92 Å². The Hall–Kier alpha value is -1.00. The second-order valence-electron chi connectivity index (χ2n) is 5.35. The molecule has 1 aromatic carbocycles. The van der Waals surface area contributed by atoms with Crippen LogP contribution < -0.4 is 0 Å². The summed E-state index contributed by atoms with van der Waals surface area (Å²) < 4.78 is 11.6. The van der Waals surface area contributed by atoms with E-state index < -0.39 is 23.1 Å². The highest BCUT2D eigenvalue weighted by molar-refractivity contribution is 7.92. The Morgan fingerprint density at radius 1 is 1.33 bits per heavy atom. The van der Waals surface area contributed by atoms with Gasteiger partial charge in [-0.15, -0.1) is 0 Å². The van der Waals surface area contributed by atoms with Crippen LogP contribution in [-0.4, -0.2) is 26.1 Å². The maximum atomic E-state index is 12.0. The van der Waals surface area contributed by atoms with Crippen LogP contribution in [0.3, 0.4) is 0 Å². The van der Waals surface area contributed by atoms with Gasteiger partial charge in [0.05, 0.1) is 0 Å². The highest BCUT2D eigenvalue weighted by Crippen LogP contribution is 2.21. The summed E-state index contributed by atoms with van der Waals surface area (Å²) in [5.41, 5.74) is 0.968. The number of rotatable bonds is 5. The first-order valence-electron chi connectivity index (χ1n) is 5.96. The Bertz CT molecular complexity index is 384. The van der Waals surface area contributed by atoms with Crippen LogP contribution in [0.4, 0.5) is 0 Å². The highest BCUT2D eigenvalue weighted by atomic mass is 32.2. The fraction of sp³-hybridized carbons (Fsp3) is 0.500. The van der Waals surface area contributed by atoms with Gasteiger partial charge >= 0.3 is 5.97 Å². The predicted molar refractivity (Wildman–Crippen MR) is 74.0 cm³/mol. The van der Waals surface area contributed by atoms with E-state index in [-0.39, 0.29) is 10.5 Å². The fourth-order valence-electron chi connectivity index (χ4n) is 1.55. The summed E-state index contributed by atoms with van der Waals surface area (Å²) in [5.74, 6) is -1.27. The van der Waals surface area contributed by atoms with E-state index in [1.54, 1.807) is 0 Å². The third kappa shape index (κ3) is 4.70. The van der Waals surface area contributed by atoms with E-state index in [2.05, 4.69) is 0 Å². The Labute approximate surface area is 111 Å². The van der Waals surface area contributed by atoms with Crippen LogP contribution in [-0.2, 0) is 22.4 Å². The molecule has 0 spiro atoms. The summed E-state index contributed by atoms with van der Waals surface area (Å²) in [6.07, 6.45) is 0.429. The van der Waals surface area contributed by atoms with Crippen LogP contribution >= 0.6 is 0 Å². The van der Waals surface area contributed by atoms with Gasteiger partial charge in [-0.25, -0.2) is 0 Å². The van der Waals surface area contributed by atoms with Gasteiger partial charge in [0.1, 0.15) is 16.4 Å². The minimum Gasteiger partial charge on any atom is -0.616 e. The number of benzene rings is 1. The molecule has 0 aromatic heterocycles. The summed E-state index contributed by atoms with van der Waals surface area (Å²) in [6, 6.07) is 9.46. The summed E-state index contributed by atoms with van der Waals surface area (Å²) in [4.78, 5) is 11.2. The van der Waals surface area contributed by atoms with E-state index in [1.165, 1.54) is 0 Å². The maximum absolute atomic E-state index is 12.0. The van der Waals surface area contributed by atoms with E-state index in [0.717, 1.165) is 5.56 Å². The normalized spacial score (nSPS) is 15.1. The van der Waals surface area contributed by atoms with Crippen LogP contribution in [0.2, 0.25) is 0 Å². The van der Waals surface area contributed by atoms with Gasteiger partial charge in [0, 0.05) is 0 Å². The molecule has 1 rings (SSSR count). The zero-order valence-corrected chi connectivity index (χ0v) is 11.9. The van der Waals surface area contributed by atoms with Crippen molar-refractivity contribution in [3.8, 4) is 0 Å². The Morgan fingerprint density at radius 3 is 2.33 bits per heavy atom. The smallest absolute Gasteiger partial charge is 0.311 e. The summed E-state index contributed by atoms with van der Waals surface area (Å²) in [6.45, 7) is 5.60. The average molecular weight is 268 g/mol. The third-order valence-corrected chi connectivity index (χ3v) is 4.78. The van der Waals surface area contributed by atoms with E-state index in [1.807, 2.05) is 51.1 Å². The van der Waals surface area contributed by atoms with Gasteiger partial charge in [-0.3, -0.25) is 4.79 Å². The van der Waals surface area contributed by atoms with Gasteiger partial charge in [-0.05, 0) is 43.9 Å². The van der Waals surface area contributed by atoms with E-state index in [4.69, 9.17) is 0 Å². The van der Waals surface area contributed by atoms with Crippen molar-refractivity contribution in [1.29, 1.82) is 0 Å². The van der Waals surface area contributed by atoms with E-state index in [0.29, 0.717) is 6.42 Å². The van der Waals surface area contributed by atoms with Crippen molar-refractivity contribution in [3.05, 3.63) is 35.9 Å². The lowest BCUT2D eigenvalue weighted by atomic mass is 10.0. The highest BCUT2D eigenvalue weighted by Gasteiger charge is 2.32. The molecule has 0 bridgehead atoms.